The normalized spacial score (nSPS) is 16.5. The van der Waals surface area contributed by atoms with Crippen molar-refractivity contribution in [3.63, 3.8) is 0 Å². The van der Waals surface area contributed by atoms with Crippen molar-refractivity contribution in [2.24, 2.45) is 0 Å². The summed E-state index contributed by atoms with van der Waals surface area (Å²) in [6.07, 6.45) is -4.11. The van der Waals surface area contributed by atoms with Crippen LogP contribution in [-0.2, 0) is 0 Å². The van der Waals surface area contributed by atoms with Gasteiger partial charge < -0.3 is 15.3 Å². The molecule has 1 rings (SSSR count). The van der Waals surface area contributed by atoms with Crippen LogP contribution in [0.2, 0.25) is 0 Å². The van der Waals surface area contributed by atoms with Crippen molar-refractivity contribution in [1.29, 1.82) is 0 Å². The first kappa shape index (κ1) is 12.6. The smallest absolute Gasteiger partial charge is 0.275 e. The lowest BCUT2D eigenvalue weighted by Crippen LogP contribution is -2.30. The third kappa shape index (κ3) is 2.54. The molecule has 88 valence electrons. The van der Waals surface area contributed by atoms with E-state index in [-0.39, 0.29) is 11.3 Å². The quantitative estimate of drug-likeness (QED) is 0.509. The number of nitro benzene ring substituents is 1. The summed E-state index contributed by atoms with van der Waals surface area (Å²) in [6, 6.07) is 5.55. The first-order valence-electron chi connectivity index (χ1n) is 4.72. The Morgan fingerprint density at radius 1 is 1.25 bits per heavy atom. The Morgan fingerprint density at radius 3 is 2.31 bits per heavy atom. The molecule has 6 heteroatoms. The Kier molecular flexibility index (Phi) is 3.94. The molecule has 0 radical (unpaired) electrons. The van der Waals surface area contributed by atoms with Gasteiger partial charge in [-0.25, -0.2) is 0 Å². The van der Waals surface area contributed by atoms with Gasteiger partial charge in [-0.1, -0.05) is 12.1 Å². The number of para-hydroxylation sites is 1. The van der Waals surface area contributed by atoms with E-state index in [2.05, 4.69) is 0 Å². The van der Waals surface area contributed by atoms with Gasteiger partial charge in [0, 0.05) is 6.07 Å². The van der Waals surface area contributed by atoms with E-state index in [0.717, 1.165) is 0 Å². The van der Waals surface area contributed by atoms with Gasteiger partial charge >= 0.3 is 0 Å². The molecule has 0 aromatic heterocycles. The van der Waals surface area contributed by atoms with Crippen molar-refractivity contribution < 1.29 is 20.2 Å². The number of aliphatic hydroxyl groups excluding tert-OH is 3. The maximum absolute atomic E-state index is 10.7. The number of benzene rings is 1. The first-order chi connectivity index (χ1) is 7.45. The van der Waals surface area contributed by atoms with Crippen LogP contribution in [0.25, 0.3) is 0 Å². The third-order valence-corrected chi connectivity index (χ3v) is 2.27. The number of nitrogens with zero attached hydrogens (tertiary/aromatic N) is 1. The molecule has 3 N–H and O–H groups in total. The Balaban J connectivity index is 3.08. The highest BCUT2D eigenvalue weighted by Crippen LogP contribution is 2.27. The summed E-state index contributed by atoms with van der Waals surface area (Å²) >= 11 is 0. The standard InChI is InChI=1S/C10H13NO5/c1-6(12)9(13)10(14)7-4-2-3-5-8(7)11(15)16/h2-6,9-10,12-14H,1H3/t6-,9+,10+/m1/s1. The minimum atomic E-state index is -1.48. The molecule has 1 aromatic carbocycles. The molecule has 0 saturated carbocycles. The van der Waals surface area contributed by atoms with Gasteiger partial charge in [0.1, 0.15) is 12.2 Å². The minimum absolute atomic E-state index is 0.0131. The lowest BCUT2D eigenvalue weighted by molar-refractivity contribution is -0.386. The molecule has 0 aliphatic rings. The molecule has 0 saturated heterocycles. The molecule has 0 aliphatic heterocycles. The summed E-state index contributed by atoms with van der Waals surface area (Å²) in [4.78, 5) is 10.0. The summed E-state index contributed by atoms with van der Waals surface area (Å²) in [6.45, 7) is 1.29. The summed E-state index contributed by atoms with van der Waals surface area (Å²) < 4.78 is 0. The monoisotopic (exact) mass is 227 g/mol. The molecule has 0 fully saturated rings. The number of hydrogen-bond acceptors (Lipinski definition) is 5. The van der Waals surface area contributed by atoms with Gasteiger partial charge in [-0.2, -0.15) is 0 Å². The number of nitro groups is 1. The van der Waals surface area contributed by atoms with Crippen molar-refractivity contribution in [1.82, 2.24) is 0 Å². The maximum atomic E-state index is 10.7. The van der Waals surface area contributed by atoms with Gasteiger partial charge in [0.2, 0.25) is 0 Å². The molecular weight excluding hydrogens is 214 g/mol. The van der Waals surface area contributed by atoms with Crippen molar-refractivity contribution >= 4 is 5.69 Å². The maximum Gasteiger partial charge on any atom is 0.275 e. The Labute approximate surface area is 91.9 Å². The molecule has 3 atom stereocenters. The second kappa shape index (κ2) is 5.02. The third-order valence-electron chi connectivity index (χ3n) is 2.27. The van der Waals surface area contributed by atoms with Crippen LogP contribution in [0.15, 0.2) is 24.3 Å². The molecule has 6 nitrogen and oxygen atoms in total. The van der Waals surface area contributed by atoms with Crippen molar-refractivity contribution in [2.45, 2.75) is 25.2 Å². The zero-order valence-electron chi connectivity index (χ0n) is 8.65. The molecule has 16 heavy (non-hydrogen) atoms. The SMILES string of the molecule is C[C@@H](O)[C@H](O)[C@@H](O)c1ccccc1[N+](=O)[O-]. The van der Waals surface area contributed by atoms with E-state index >= 15 is 0 Å². The molecule has 0 aliphatic carbocycles. The fourth-order valence-electron chi connectivity index (χ4n) is 1.35. The van der Waals surface area contributed by atoms with Gasteiger partial charge in [0.15, 0.2) is 0 Å². The molecule has 0 unspecified atom stereocenters. The van der Waals surface area contributed by atoms with Crippen LogP contribution in [0.5, 0.6) is 0 Å². The molecule has 1 aromatic rings. The fourth-order valence-corrected chi connectivity index (χ4v) is 1.35. The largest absolute Gasteiger partial charge is 0.391 e. The molecule has 0 spiro atoms. The number of rotatable bonds is 4. The van der Waals surface area contributed by atoms with E-state index in [1.54, 1.807) is 0 Å². The molecule has 0 amide bonds. The molecule has 0 bridgehead atoms. The zero-order chi connectivity index (χ0) is 12.3. The number of aliphatic hydroxyl groups is 3. The van der Waals surface area contributed by atoms with Crippen molar-refractivity contribution in [3.05, 3.63) is 39.9 Å². The minimum Gasteiger partial charge on any atom is -0.391 e. The van der Waals surface area contributed by atoms with Crippen LogP contribution in [0.1, 0.15) is 18.6 Å². The Hall–Kier alpha value is -1.50. The summed E-state index contributed by atoms with van der Waals surface area (Å²) in [5, 5.41) is 38.9. The van der Waals surface area contributed by atoms with Crippen LogP contribution in [0, 0.1) is 10.1 Å². The predicted molar refractivity (Wildman–Crippen MR) is 55.7 cm³/mol. The lowest BCUT2D eigenvalue weighted by atomic mass is 10.00. The van der Waals surface area contributed by atoms with Crippen LogP contribution >= 0.6 is 0 Å². The topological polar surface area (TPSA) is 104 Å². The van der Waals surface area contributed by atoms with Gasteiger partial charge in [-0.05, 0) is 13.0 Å². The second-order valence-corrected chi connectivity index (χ2v) is 3.49. The van der Waals surface area contributed by atoms with E-state index in [9.17, 15) is 20.3 Å². The number of hydrogen-bond donors (Lipinski definition) is 3. The van der Waals surface area contributed by atoms with E-state index in [1.165, 1.54) is 31.2 Å². The predicted octanol–water partition coefficient (Wildman–Crippen LogP) is 0.370. The summed E-state index contributed by atoms with van der Waals surface area (Å²) in [5.74, 6) is 0. The van der Waals surface area contributed by atoms with Crippen molar-refractivity contribution in [3.8, 4) is 0 Å². The van der Waals surface area contributed by atoms with Crippen LogP contribution < -0.4 is 0 Å². The van der Waals surface area contributed by atoms with E-state index in [4.69, 9.17) is 5.11 Å². The van der Waals surface area contributed by atoms with Gasteiger partial charge in [-0.15, -0.1) is 0 Å². The van der Waals surface area contributed by atoms with Crippen LogP contribution in [0.3, 0.4) is 0 Å². The highest BCUT2D eigenvalue weighted by molar-refractivity contribution is 5.41. The van der Waals surface area contributed by atoms with Gasteiger partial charge in [0.25, 0.3) is 5.69 Å². The highest BCUT2D eigenvalue weighted by Gasteiger charge is 2.28. The summed E-state index contributed by atoms with van der Waals surface area (Å²) in [5.41, 5.74) is -0.296. The fraction of sp³-hybridized carbons (Fsp3) is 0.400. The Bertz CT molecular complexity index is 379. The average molecular weight is 227 g/mol. The van der Waals surface area contributed by atoms with Crippen LogP contribution in [0.4, 0.5) is 5.69 Å². The Morgan fingerprint density at radius 2 is 1.81 bits per heavy atom. The van der Waals surface area contributed by atoms with Gasteiger partial charge in [-0.3, -0.25) is 10.1 Å². The van der Waals surface area contributed by atoms with E-state index in [0.29, 0.717) is 0 Å². The zero-order valence-corrected chi connectivity index (χ0v) is 8.65. The lowest BCUT2D eigenvalue weighted by Gasteiger charge is -2.20. The summed E-state index contributed by atoms with van der Waals surface area (Å²) in [7, 11) is 0. The van der Waals surface area contributed by atoms with Crippen LogP contribution in [-0.4, -0.2) is 32.5 Å². The van der Waals surface area contributed by atoms with Crippen molar-refractivity contribution in [2.75, 3.05) is 0 Å². The molecule has 0 heterocycles. The second-order valence-electron chi connectivity index (χ2n) is 3.49. The molecular formula is C10H13NO5. The average Bonchev–Trinajstić information content (AvgIpc) is 2.26. The first-order valence-corrected chi connectivity index (χ1v) is 4.72. The van der Waals surface area contributed by atoms with Gasteiger partial charge in [0.05, 0.1) is 16.6 Å². The highest BCUT2D eigenvalue weighted by atomic mass is 16.6. The van der Waals surface area contributed by atoms with E-state index < -0.39 is 23.2 Å². The van der Waals surface area contributed by atoms with E-state index in [1.807, 2.05) is 0 Å².